The molecule has 1 saturated heterocycles. The molecule has 1 aromatic carbocycles. The molecule has 6 nitrogen and oxygen atoms in total. The standard InChI is InChI=1S/C17H25N3O3/c1-12(2)11-23-15-7-3-5-13(9-15)17(22)20-8-4-6-14(10-20)16(21)19-18/h3,5,7,9,12,14H,4,6,8,10-11,18H2,1-2H3,(H,19,21). The van der Waals surface area contributed by atoms with Gasteiger partial charge in [-0.25, -0.2) is 5.84 Å². The Morgan fingerprint density at radius 2 is 2.22 bits per heavy atom. The molecule has 1 aliphatic heterocycles. The third kappa shape index (κ3) is 4.69. The fourth-order valence-corrected chi connectivity index (χ4v) is 2.66. The zero-order chi connectivity index (χ0) is 16.8. The van der Waals surface area contributed by atoms with E-state index in [9.17, 15) is 9.59 Å². The van der Waals surface area contributed by atoms with Gasteiger partial charge in [0.05, 0.1) is 12.5 Å². The van der Waals surface area contributed by atoms with Gasteiger partial charge in [0.25, 0.3) is 5.91 Å². The second-order valence-electron chi connectivity index (χ2n) is 6.33. The van der Waals surface area contributed by atoms with Crippen LogP contribution in [0, 0.1) is 11.8 Å². The molecule has 0 radical (unpaired) electrons. The Morgan fingerprint density at radius 1 is 1.43 bits per heavy atom. The minimum Gasteiger partial charge on any atom is -0.493 e. The van der Waals surface area contributed by atoms with Crippen molar-refractivity contribution in [2.24, 2.45) is 17.7 Å². The molecule has 0 spiro atoms. The normalized spacial score (nSPS) is 17.9. The number of hydrogen-bond donors (Lipinski definition) is 2. The number of carbonyl (C=O) groups excluding carboxylic acids is 2. The maximum absolute atomic E-state index is 12.7. The van der Waals surface area contributed by atoms with Crippen molar-refractivity contribution < 1.29 is 14.3 Å². The number of nitrogens with two attached hydrogens (primary N) is 1. The molecular formula is C17H25N3O3. The second-order valence-corrected chi connectivity index (χ2v) is 6.33. The van der Waals surface area contributed by atoms with E-state index in [1.807, 2.05) is 12.1 Å². The van der Waals surface area contributed by atoms with Crippen molar-refractivity contribution >= 4 is 11.8 Å². The summed E-state index contributed by atoms with van der Waals surface area (Å²) in [5.41, 5.74) is 2.76. The number of ether oxygens (including phenoxy) is 1. The number of likely N-dealkylation sites (tertiary alicyclic amines) is 1. The van der Waals surface area contributed by atoms with Crippen molar-refractivity contribution in [3.63, 3.8) is 0 Å². The molecule has 1 aliphatic rings. The molecule has 3 N–H and O–H groups in total. The molecule has 0 bridgehead atoms. The van der Waals surface area contributed by atoms with E-state index in [0.717, 1.165) is 12.8 Å². The molecule has 23 heavy (non-hydrogen) atoms. The van der Waals surface area contributed by atoms with Crippen LogP contribution >= 0.6 is 0 Å². The first kappa shape index (κ1) is 17.3. The summed E-state index contributed by atoms with van der Waals surface area (Å²) >= 11 is 0. The lowest BCUT2D eigenvalue weighted by Gasteiger charge is -2.31. The predicted molar refractivity (Wildman–Crippen MR) is 87.7 cm³/mol. The SMILES string of the molecule is CC(C)COc1cccc(C(=O)N2CCCC(C(=O)NN)C2)c1. The van der Waals surface area contributed by atoms with Crippen LogP contribution in [0.3, 0.4) is 0 Å². The minimum absolute atomic E-state index is 0.0745. The van der Waals surface area contributed by atoms with Gasteiger partial charge in [-0.15, -0.1) is 0 Å². The average Bonchev–Trinajstić information content (AvgIpc) is 2.59. The highest BCUT2D eigenvalue weighted by Gasteiger charge is 2.28. The molecule has 0 aromatic heterocycles. The Balaban J connectivity index is 2.04. The van der Waals surface area contributed by atoms with E-state index in [1.165, 1.54) is 0 Å². The van der Waals surface area contributed by atoms with Gasteiger partial charge < -0.3 is 9.64 Å². The monoisotopic (exact) mass is 319 g/mol. The van der Waals surface area contributed by atoms with E-state index in [2.05, 4.69) is 19.3 Å². The van der Waals surface area contributed by atoms with E-state index >= 15 is 0 Å². The van der Waals surface area contributed by atoms with Crippen LogP contribution in [-0.2, 0) is 4.79 Å². The quantitative estimate of drug-likeness (QED) is 0.490. The van der Waals surface area contributed by atoms with Gasteiger partial charge in [0.1, 0.15) is 5.75 Å². The van der Waals surface area contributed by atoms with Crippen LogP contribution in [0.15, 0.2) is 24.3 Å². The van der Waals surface area contributed by atoms with E-state index in [4.69, 9.17) is 10.6 Å². The summed E-state index contributed by atoms with van der Waals surface area (Å²) in [6, 6.07) is 7.20. The molecule has 1 fully saturated rings. The predicted octanol–water partition coefficient (Wildman–Crippen LogP) is 1.56. The van der Waals surface area contributed by atoms with Gasteiger partial charge in [-0.2, -0.15) is 0 Å². The van der Waals surface area contributed by atoms with Crippen LogP contribution in [0.5, 0.6) is 5.75 Å². The number of piperidine rings is 1. The Kier molecular flexibility index (Phi) is 5.98. The van der Waals surface area contributed by atoms with Crippen LogP contribution in [0.2, 0.25) is 0 Å². The Morgan fingerprint density at radius 3 is 2.91 bits per heavy atom. The second kappa shape index (κ2) is 7.97. The van der Waals surface area contributed by atoms with Gasteiger partial charge in [-0.05, 0) is 37.0 Å². The third-order valence-electron chi connectivity index (χ3n) is 3.89. The minimum atomic E-state index is -0.238. The molecular weight excluding hydrogens is 294 g/mol. The van der Waals surface area contributed by atoms with Crippen molar-refractivity contribution in [2.75, 3.05) is 19.7 Å². The first-order chi connectivity index (χ1) is 11.0. The van der Waals surface area contributed by atoms with Crippen molar-refractivity contribution in [2.45, 2.75) is 26.7 Å². The Hall–Kier alpha value is -2.08. The zero-order valence-electron chi connectivity index (χ0n) is 13.7. The first-order valence-corrected chi connectivity index (χ1v) is 8.04. The van der Waals surface area contributed by atoms with E-state index in [-0.39, 0.29) is 17.7 Å². The summed E-state index contributed by atoms with van der Waals surface area (Å²) in [5, 5.41) is 0. The Labute approximate surface area is 136 Å². The van der Waals surface area contributed by atoms with Crippen LogP contribution in [0.4, 0.5) is 0 Å². The fourth-order valence-electron chi connectivity index (χ4n) is 2.66. The summed E-state index contributed by atoms with van der Waals surface area (Å²) in [6.45, 7) is 5.82. The molecule has 1 unspecified atom stereocenters. The van der Waals surface area contributed by atoms with Gasteiger partial charge in [0, 0.05) is 18.7 Å². The molecule has 6 heteroatoms. The number of hydrogen-bond acceptors (Lipinski definition) is 4. The first-order valence-electron chi connectivity index (χ1n) is 8.04. The number of nitrogens with one attached hydrogen (secondary N) is 1. The van der Waals surface area contributed by atoms with Crippen LogP contribution in [0.25, 0.3) is 0 Å². The highest BCUT2D eigenvalue weighted by Crippen LogP contribution is 2.21. The lowest BCUT2D eigenvalue weighted by Crippen LogP contribution is -2.47. The van der Waals surface area contributed by atoms with Crippen molar-refractivity contribution in [1.29, 1.82) is 0 Å². The summed E-state index contributed by atoms with van der Waals surface area (Å²) in [5.74, 6) is 5.79. The van der Waals surface area contributed by atoms with Gasteiger partial charge in [0.15, 0.2) is 0 Å². The molecule has 0 aliphatic carbocycles. The summed E-state index contributed by atoms with van der Waals surface area (Å²) in [6.07, 6.45) is 1.55. The maximum atomic E-state index is 12.7. The van der Waals surface area contributed by atoms with E-state index < -0.39 is 0 Å². The van der Waals surface area contributed by atoms with E-state index in [0.29, 0.717) is 36.9 Å². The molecule has 0 saturated carbocycles. The van der Waals surface area contributed by atoms with Crippen molar-refractivity contribution in [3.05, 3.63) is 29.8 Å². The number of nitrogens with zero attached hydrogens (tertiary/aromatic N) is 1. The summed E-state index contributed by atoms with van der Waals surface area (Å²) < 4.78 is 5.67. The zero-order valence-corrected chi connectivity index (χ0v) is 13.7. The number of rotatable bonds is 5. The topological polar surface area (TPSA) is 84.7 Å². The molecule has 1 aromatic rings. The van der Waals surface area contributed by atoms with Gasteiger partial charge in [0.2, 0.25) is 5.91 Å². The smallest absolute Gasteiger partial charge is 0.254 e. The lowest BCUT2D eigenvalue weighted by molar-refractivity contribution is -0.126. The summed E-state index contributed by atoms with van der Waals surface area (Å²) in [7, 11) is 0. The fraction of sp³-hybridized carbons (Fsp3) is 0.529. The highest BCUT2D eigenvalue weighted by atomic mass is 16.5. The third-order valence-corrected chi connectivity index (χ3v) is 3.89. The number of benzene rings is 1. The largest absolute Gasteiger partial charge is 0.493 e. The van der Waals surface area contributed by atoms with Gasteiger partial charge in [-0.1, -0.05) is 19.9 Å². The number of hydrazine groups is 1. The molecule has 1 heterocycles. The highest BCUT2D eigenvalue weighted by molar-refractivity contribution is 5.95. The summed E-state index contributed by atoms with van der Waals surface area (Å²) in [4.78, 5) is 26.0. The van der Waals surface area contributed by atoms with E-state index in [1.54, 1.807) is 17.0 Å². The van der Waals surface area contributed by atoms with Crippen LogP contribution in [-0.4, -0.2) is 36.4 Å². The molecule has 2 amide bonds. The van der Waals surface area contributed by atoms with Crippen molar-refractivity contribution in [3.8, 4) is 5.75 Å². The van der Waals surface area contributed by atoms with Gasteiger partial charge >= 0.3 is 0 Å². The van der Waals surface area contributed by atoms with Crippen LogP contribution in [0.1, 0.15) is 37.0 Å². The number of carbonyl (C=O) groups is 2. The average molecular weight is 319 g/mol. The van der Waals surface area contributed by atoms with Crippen molar-refractivity contribution in [1.82, 2.24) is 10.3 Å². The Bertz CT molecular complexity index is 560. The number of amides is 2. The lowest BCUT2D eigenvalue weighted by atomic mass is 9.96. The van der Waals surface area contributed by atoms with Crippen LogP contribution < -0.4 is 16.0 Å². The maximum Gasteiger partial charge on any atom is 0.254 e. The van der Waals surface area contributed by atoms with Gasteiger partial charge in [-0.3, -0.25) is 15.0 Å². The molecule has 2 rings (SSSR count). The molecule has 1 atom stereocenters. The molecule has 126 valence electrons.